The van der Waals surface area contributed by atoms with E-state index in [0.29, 0.717) is 13.1 Å². The Bertz CT molecular complexity index is 685. The maximum absolute atomic E-state index is 12.8. The summed E-state index contributed by atoms with van der Waals surface area (Å²) in [6.07, 6.45) is 0.423. The lowest BCUT2D eigenvalue weighted by molar-refractivity contribution is -0.132. The molecule has 0 bridgehead atoms. The van der Waals surface area contributed by atoms with E-state index in [1.54, 1.807) is 6.92 Å². The van der Waals surface area contributed by atoms with Crippen molar-refractivity contribution in [2.75, 3.05) is 19.6 Å². The fourth-order valence-corrected chi connectivity index (χ4v) is 3.32. The number of carbonyl (C=O) groups excluding carboxylic acids is 1. The van der Waals surface area contributed by atoms with E-state index in [1.165, 1.54) is 11.1 Å². The van der Waals surface area contributed by atoms with Crippen molar-refractivity contribution in [3.63, 3.8) is 0 Å². The zero-order valence-corrected chi connectivity index (χ0v) is 14.0. The largest absolute Gasteiger partial charge is 0.392 e. The number of amides is 1. The van der Waals surface area contributed by atoms with Gasteiger partial charge in [-0.05, 0) is 30.0 Å². The van der Waals surface area contributed by atoms with Gasteiger partial charge >= 0.3 is 0 Å². The van der Waals surface area contributed by atoms with Gasteiger partial charge in [-0.3, -0.25) is 4.79 Å². The molecule has 0 saturated carbocycles. The van der Waals surface area contributed by atoms with Gasteiger partial charge in [0.05, 0.1) is 18.7 Å². The summed E-state index contributed by atoms with van der Waals surface area (Å²) < 4.78 is 0. The molecule has 0 unspecified atom stereocenters. The number of aliphatic hydroxyl groups excluding tert-OH is 1. The molecule has 1 aliphatic rings. The average Bonchev–Trinajstić information content (AvgIpc) is 2.61. The highest BCUT2D eigenvalue weighted by molar-refractivity contribution is 5.79. The monoisotopic (exact) mass is 324 g/mol. The van der Waals surface area contributed by atoms with Crippen LogP contribution in [-0.4, -0.2) is 41.7 Å². The fourth-order valence-electron chi connectivity index (χ4n) is 3.32. The lowest BCUT2D eigenvalue weighted by Crippen LogP contribution is -2.45. The Morgan fingerprint density at radius 1 is 1.21 bits per heavy atom. The zero-order valence-electron chi connectivity index (χ0n) is 14.0. The van der Waals surface area contributed by atoms with Gasteiger partial charge in [-0.25, -0.2) is 0 Å². The Hall–Kier alpha value is -2.17. The molecule has 4 nitrogen and oxygen atoms in total. The standard InChI is InChI=1S/C20H24N2O2/c1-15(23)13-21-14-19(24)22-12-11-16-7-5-6-10-18(16)20(22)17-8-3-2-4-9-17/h2-10,15,20-21,23H,11-14H2,1H3/t15-,20+/m1/s1. The van der Waals surface area contributed by atoms with E-state index in [4.69, 9.17) is 0 Å². The second-order valence-corrected chi connectivity index (χ2v) is 6.33. The van der Waals surface area contributed by atoms with E-state index in [0.717, 1.165) is 12.0 Å². The lowest BCUT2D eigenvalue weighted by Gasteiger charge is -2.38. The number of hydrogen-bond acceptors (Lipinski definition) is 3. The van der Waals surface area contributed by atoms with E-state index < -0.39 is 6.10 Å². The highest BCUT2D eigenvalue weighted by atomic mass is 16.3. The molecule has 2 N–H and O–H groups in total. The highest BCUT2D eigenvalue weighted by Crippen LogP contribution is 2.34. The molecular weight excluding hydrogens is 300 g/mol. The molecule has 126 valence electrons. The number of benzene rings is 2. The van der Waals surface area contributed by atoms with Crippen LogP contribution in [0.15, 0.2) is 54.6 Å². The first-order valence-corrected chi connectivity index (χ1v) is 8.48. The quantitative estimate of drug-likeness (QED) is 0.886. The first-order chi connectivity index (χ1) is 11.7. The Kier molecular flexibility index (Phi) is 5.28. The van der Waals surface area contributed by atoms with Crippen molar-refractivity contribution in [2.24, 2.45) is 0 Å². The molecule has 1 heterocycles. The number of nitrogens with zero attached hydrogens (tertiary/aromatic N) is 1. The minimum Gasteiger partial charge on any atom is -0.392 e. The van der Waals surface area contributed by atoms with Gasteiger partial charge in [0, 0.05) is 13.1 Å². The van der Waals surface area contributed by atoms with Gasteiger partial charge in [0.2, 0.25) is 5.91 Å². The number of fused-ring (bicyclic) bond motifs is 1. The van der Waals surface area contributed by atoms with Crippen molar-refractivity contribution in [1.82, 2.24) is 10.2 Å². The van der Waals surface area contributed by atoms with E-state index in [-0.39, 0.29) is 18.5 Å². The van der Waals surface area contributed by atoms with Crippen LogP contribution in [0.2, 0.25) is 0 Å². The van der Waals surface area contributed by atoms with Gasteiger partial charge in [0.25, 0.3) is 0 Å². The third kappa shape index (κ3) is 3.66. The second-order valence-electron chi connectivity index (χ2n) is 6.33. The van der Waals surface area contributed by atoms with Crippen molar-refractivity contribution in [3.05, 3.63) is 71.3 Å². The van der Waals surface area contributed by atoms with Gasteiger partial charge < -0.3 is 15.3 Å². The zero-order chi connectivity index (χ0) is 16.9. The molecule has 24 heavy (non-hydrogen) atoms. The Balaban J connectivity index is 1.87. The van der Waals surface area contributed by atoms with Crippen LogP contribution in [-0.2, 0) is 11.2 Å². The third-order valence-corrected chi connectivity index (χ3v) is 4.44. The molecule has 0 radical (unpaired) electrons. The molecule has 2 atom stereocenters. The minimum atomic E-state index is -0.454. The highest BCUT2D eigenvalue weighted by Gasteiger charge is 2.31. The van der Waals surface area contributed by atoms with Crippen LogP contribution in [0.3, 0.4) is 0 Å². The average molecular weight is 324 g/mol. The molecule has 2 aromatic rings. The van der Waals surface area contributed by atoms with Crippen LogP contribution < -0.4 is 5.32 Å². The molecule has 0 spiro atoms. The molecule has 0 aliphatic carbocycles. The van der Waals surface area contributed by atoms with E-state index in [1.807, 2.05) is 29.2 Å². The Morgan fingerprint density at radius 2 is 1.92 bits per heavy atom. The molecule has 0 fully saturated rings. The molecule has 1 aliphatic heterocycles. The van der Waals surface area contributed by atoms with E-state index >= 15 is 0 Å². The van der Waals surface area contributed by atoms with E-state index in [2.05, 4.69) is 35.6 Å². The van der Waals surface area contributed by atoms with Crippen LogP contribution in [0.4, 0.5) is 0 Å². The SMILES string of the molecule is C[C@@H](O)CNCC(=O)N1CCc2ccccc2[C@@H]1c1ccccc1. The minimum absolute atomic E-state index is 0.0444. The van der Waals surface area contributed by atoms with Crippen LogP contribution in [0.1, 0.15) is 29.7 Å². The van der Waals surface area contributed by atoms with Crippen molar-refractivity contribution in [2.45, 2.75) is 25.5 Å². The predicted octanol–water partition coefficient (Wildman–Crippen LogP) is 2.13. The first kappa shape index (κ1) is 16.7. The summed E-state index contributed by atoms with van der Waals surface area (Å²) in [5, 5.41) is 12.4. The topological polar surface area (TPSA) is 52.6 Å². The van der Waals surface area contributed by atoms with Crippen molar-refractivity contribution >= 4 is 5.91 Å². The summed E-state index contributed by atoms with van der Waals surface area (Å²) in [7, 11) is 0. The van der Waals surface area contributed by atoms with Crippen LogP contribution in [0.25, 0.3) is 0 Å². The molecule has 0 aromatic heterocycles. The molecule has 3 rings (SSSR count). The van der Waals surface area contributed by atoms with Gasteiger partial charge in [-0.1, -0.05) is 54.6 Å². The molecule has 4 heteroatoms. The molecule has 1 amide bonds. The van der Waals surface area contributed by atoms with Crippen molar-refractivity contribution in [3.8, 4) is 0 Å². The Labute approximate surface area is 143 Å². The van der Waals surface area contributed by atoms with Gasteiger partial charge in [0.1, 0.15) is 0 Å². The lowest BCUT2D eigenvalue weighted by atomic mass is 9.88. The number of carbonyl (C=O) groups is 1. The number of nitrogens with one attached hydrogen (secondary N) is 1. The molecular formula is C20H24N2O2. The number of aliphatic hydroxyl groups is 1. The van der Waals surface area contributed by atoms with Gasteiger partial charge in [-0.15, -0.1) is 0 Å². The summed E-state index contributed by atoms with van der Waals surface area (Å²) in [6.45, 7) is 3.09. The molecule has 0 saturated heterocycles. The van der Waals surface area contributed by atoms with Crippen LogP contribution >= 0.6 is 0 Å². The first-order valence-electron chi connectivity index (χ1n) is 8.48. The smallest absolute Gasteiger partial charge is 0.237 e. The Morgan fingerprint density at radius 3 is 2.67 bits per heavy atom. The summed E-state index contributed by atoms with van der Waals surface area (Å²) in [5.41, 5.74) is 3.65. The second kappa shape index (κ2) is 7.60. The van der Waals surface area contributed by atoms with Crippen molar-refractivity contribution < 1.29 is 9.90 Å². The van der Waals surface area contributed by atoms with Gasteiger partial charge in [0.15, 0.2) is 0 Å². The maximum atomic E-state index is 12.8. The van der Waals surface area contributed by atoms with Crippen LogP contribution in [0.5, 0.6) is 0 Å². The van der Waals surface area contributed by atoms with Crippen molar-refractivity contribution in [1.29, 1.82) is 0 Å². The number of hydrogen-bond donors (Lipinski definition) is 2. The summed E-state index contributed by atoms with van der Waals surface area (Å²) in [5.74, 6) is 0.0685. The third-order valence-electron chi connectivity index (χ3n) is 4.44. The molecule has 2 aromatic carbocycles. The van der Waals surface area contributed by atoms with E-state index in [9.17, 15) is 9.90 Å². The van der Waals surface area contributed by atoms with Gasteiger partial charge in [-0.2, -0.15) is 0 Å². The normalized spacial score (nSPS) is 18.1. The summed E-state index contributed by atoms with van der Waals surface area (Å²) >= 11 is 0. The van der Waals surface area contributed by atoms with Crippen LogP contribution in [0, 0.1) is 0 Å². The summed E-state index contributed by atoms with van der Waals surface area (Å²) in [6, 6.07) is 18.5. The predicted molar refractivity (Wildman–Crippen MR) is 94.7 cm³/mol. The number of rotatable bonds is 5. The summed E-state index contributed by atoms with van der Waals surface area (Å²) in [4.78, 5) is 14.7. The fraction of sp³-hybridized carbons (Fsp3) is 0.350. The maximum Gasteiger partial charge on any atom is 0.237 e.